The van der Waals surface area contributed by atoms with Gasteiger partial charge < -0.3 is 31.9 Å². The first kappa shape index (κ1) is 27.9. The molecule has 9 heteroatoms. The van der Waals surface area contributed by atoms with Crippen molar-refractivity contribution in [2.24, 2.45) is 11.7 Å². The molecular formula is C28H34N4O5. The second-order valence-electron chi connectivity index (χ2n) is 9.18. The van der Waals surface area contributed by atoms with Crippen LogP contribution in [-0.2, 0) is 9.59 Å². The lowest BCUT2D eigenvalue weighted by Gasteiger charge is -2.24. The number of aliphatic hydroxyl groups is 2. The minimum Gasteiger partial charge on any atom is -0.396 e. The van der Waals surface area contributed by atoms with E-state index in [4.69, 9.17) is 5.73 Å². The standard InChI is InChI=1S/C28H34N4O5/c1-17(34)25(28(37)31-24(13-14-29)27(36)30-2)32-26(35)21-11-7-19(8-12-21)4-3-18-5-9-20(10-6-18)23-15-22(23)16-33/h5-12,17,22-25,33-34H,13-16,29H2,1-2H3,(H,30,36)(H,31,37)(H,32,35)/t17?,22-,23-,24?,25?/m0/s1. The van der Waals surface area contributed by atoms with Crippen molar-refractivity contribution in [3.8, 4) is 11.8 Å². The summed E-state index contributed by atoms with van der Waals surface area (Å²) < 4.78 is 0. The van der Waals surface area contributed by atoms with E-state index in [1.807, 2.05) is 24.3 Å². The van der Waals surface area contributed by atoms with E-state index in [0.717, 1.165) is 12.0 Å². The van der Waals surface area contributed by atoms with Gasteiger partial charge in [0.2, 0.25) is 11.8 Å². The Kier molecular flexibility index (Phi) is 9.80. The van der Waals surface area contributed by atoms with Crippen molar-refractivity contribution >= 4 is 17.7 Å². The summed E-state index contributed by atoms with van der Waals surface area (Å²) in [6.45, 7) is 1.78. The molecule has 3 rings (SSSR count). The van der Waals surface area contributed by atoms with Crippen LogP contribution in [0.2, 0.25) is 0 Å². The van der Waals surface area contributed by atoms with Gasteiger partial charge in [0.1, 0.15) is 12.1 Å². The highest BCUT2D eigenvalue weighted by atomic mass is 16.3. The van der Waals surface area contributed by atoms with Gasteiger partial charge in [0, 0.05) is 30.3 Å². The molecule has 5 atom stereocenters. The predicted octanol–water partition coefficient (Wildman–Crippen LogP) is 0.241. The number of hydrogen-bond donors (Lipinski definition) is 6. The first-order valence-electron chi connectivity index (χ1n) is 12.3. The van der Waals surface area contributed by atoms with Crippen LogP contribution in [0.3, 0.4) is 0 Å². The van der Waals surface area contributed by atoms with Crippen molar-refractivity contribution in [1.82, 2.24) is 16.0 Å². The maximum absolute atomic E-state index is 12.7. The Hall–Kier alpha value is -3.71. The van der Waals surface area contributed by atoms with Gasteiger partial charge in [0.05, 0.1) is 6.10 Å². The topological polar surface area (TPSA) is 154 Å². The fourth-order valence-corrected chi connectivity index (χ4v) is 4.02. The minimum atomic E-state index is -1.26. The van der Waals surface area contributed by atoms with Crippen molar-refractivity contribution in [2.75, 3.05) is 20.2 Å². The van der Waals surface area contributed by atoms with E-state index in [0.29, 0.717) is 23.0 Å². The Labute approximate surface area is 216 Å². The van der Waals surface area contributed by atoms with E-state index < -0.39 is 35.9 Å². The maximum atomic E-state index is 12.7. The predicted molar refractivity (Wildman–Crippen MR) is 139 cm³/mol. The summed E-state index contributed by atoms with van der Waals surface area (Å²) in [6.07, 6.45) is 0.0381. The molecule has 2 aromatic carbocycles. The molecule has 0 saturated heterocycles. The summed E-state index contributed by atoms with van der Waals surface area (Å²) >= 11 is 0. The van der Waals surface area contributed by atoms with Crippen molar-refractivity contribution < 1.29 is 24.6 Å². The lowest BCUT2D eigenvalue weighted by atomic mass is 10.1. The van der Waals surface area contributed by atoms with Crippen LogP contribution in [0.1, 0.15) is 52.7 Å². The third kappa shape index (κ3) is 7.64. The summed E-state index contributed by atoms with van der Waals surface area (Å²) in [4.78, 5) is 37.4. The monoisotopic (exact) mass is 506 g/mol. The molecule has 196 valence electrons. The molecule has 1 fully saturated rings. The molecule has 0 bridgehead atoms. The van der Waals surface area contributed by atoms with E-state index >= 15 is 0 Å². The van der Waals surface area contributed by atoms with E-state index in [9.17, 15) is 24.6 Å². The number of nitrogens with one attached hydrogen (secondary N) is 3. The highest BCUT2D eigenvalue weighted by Gasteiger charge is 2.37. The molecule has 0 aromatic heterocycles. The van der Waals surface area contributed by atoms with Crippen molar-refractivity contribution in [1.29, 1.82) is 0 Å². The number of carbonyl (C=O) groups is 3. The maximum Gasteiger partial charge on any atom is 0.252 e. The van der Waals surface area contributed by atoms with Crippen LogP contribution in [0, 0.1) is 17.8 Å². The lowest BCUT2D eigenvalue weighted by Crippen LogP contribution is -2.57. The van der Waals surface area contributed by atoms with Gasteiger partial charge in [-0.1, -0.05) is 24.0 Å². The van der Waals surface area contributed by atoms with Crippen LogP contribution in [0.5, 0.6) is 0 Å². The van der Waals surface area contributed by atoms with Gasteiger partial charge in [-0.05, 0) is 80.1 Å². The Morgan fingerprint density at radius 1 is 1.00 bits per heavy atom. The second kappa shape index (κ2) is 13.0. The molecule has 0 heterocycles. The normalized spacial score (nSPS) is 18.4. The van der Waals surface area contributed by atoms with E-state index in [1.54, 1.807) is 24.3 Å². The zero-order valence-electron chi connectivity index (χ0n) is 21.0. The van der Waals surface area contributed by atoms with Crippen molar-refractivity contribution in [3.05, 3.63) is 70.8 Å². The smallest absolute Gasteiger partial charge is 0.252 e. The first-order chi connectivity index (χ1) is 17.8. The Bertz CT molecular complexity index is 1150. The van der Waals surface area contributed by atoms with Crippen molar-refractivity contribution in [3.63, 3.8) is 0 Å². The molecule has 7 N–H and O–H groups in total. The summed E-state index contributed by atoms with van der Waals surface area (Å²) in [6, 6.07) is 12.4. The number of carbonyl (C=O) groups excluding carboxylic acids is 3. The van der Waals surface area contributed by atoms with Crippen molar-refractivity contribution in [2.45, 2.75) is 43.9 Å². The number of aliphatic hydroxyl groups excluding tert-OH is 2. The Morgan fingerprint density at radius 3 is 2.08 bits per heavy atom. The molecule has 3 amide bonds. The highest BCUT2D eigenvalue weighted by Crippen LogP contribution is 2.46. The average molecular weight is 507 g/mol. The zero-order valence-corrected chi connectivity index (χ0v) is 21.0. The van der Waals surface area contributed by atoms with E-state index in [1.165, 1.54) is 19.5 Å². The van der Waals surface area contributed by atoms with Gasteiger partial charge in [-0.15, -0.1) is 0 Å². The van der Waals surface area contributed by atoms with Gasteiger partial charge in [-0.3, -0.25) is 14.4 Å². The fourth-order valence-electron chi connectivity index (χ4n) is 4.02. The molecule has 1 aliphatic carbocycles. The van der Waals surface area contributed by atoms with Crippen LogP contribution in [-0.4, -0.2) is 66.3 Å². The van der Waals surface area contributed by atoms with E-state index in [-0.39, 0.29) is 19.6 Å². The van der Waals surface area contributed by atoms with Crippen LogP contribution in [0.4, 0.5) is 0 Å². The third-order valence-corrected chi connectivity index (χ3v) is 6.38. The molecule has 0 aliphatic heterocycles. The largest absolute Gasteiger partial charge is 0.396 e. The second-order valence-corrected chi connectivity index (χ2v) is 9.18. The van der Waals surface area contributed by atoms with Gasteiger partial charge >= 0.3 is 0 Å². The van der Waals surface area contributed by atoms with Crippen LogP contribution >= 0.6 is 0 Å². The summed E-state index contributed by atoms with van der Waals surface area (Å²) in [5, 5.41) is 26.8. The number of benzene rings is 2. The molecular weight excluding hydrogens is 472 g/mol. The quantitative estimate of drug-likeness (QED) is 0.254. The van der Waals surface area contributed by atoms with Crippen LogP contribution in [0.15, 0.2) is 48.5 Å². The zero-order chi connectivity index (χ0) is 26.9. The summed E-state index contributed by atoms with van der Waals surface area (Å²) in [7, 11) is 1.44. The lowest BCUT2D eigenvalue weighted by molar-refractivity contribution is -0.131. The summed E-state index contributed by atoms with van der Waals surface area (Å²) in [5.41, 5.74) is 8.60. The molecule has 3 unspecified atom stereocenters. The Morgan fingerprint density at radius 2 is 1.59 bits per heavy atom. The van der Waals surface area contributed by atoms with Crippen LogP contribution < -0.4 is 21.7 Å². The van der Waals surface area contributed by atoms with Gasteiger partial charge in [-0.2, -0.15) is 0 Å². The summed E-state index contributed by atoms with van der Waals surface area (Å²) in [5.74, 6) is 5.32. The molecule has 1 saturated carbocycles. The molecule has 9 nitrogen and oxygen atoms in total. The average Bonchev–Trinajstić information content (AvgIpc) is 3.70. The fraction of sp³-hybridized carbons (Fsp3) is 0.393. The first-order valence-corrected chi connectivity index (χ1v) is 12.3. The number of nitrogens with two attached hydrogens (primary N) is 1. The number of rotatable bonds is 10. The number of hydrogen-bond acceptors (Lipinski definition) is 6. The third-order valence-electron chi connectivity index (χ3n) is 6.38. The SMILES string of the molecule is CNC(=O)C(CCN)NC(=O)C(NC(=O)c1ccc(C#Cc2ccc([C@@H]3C[C@H]3CO)cc2)cc1)C(C)O. The molecule has 37 heavy (non-hydrogen) atoms. The Balaban J connectivity index is 1.61. The minimum absolute atomic E-state index is 0.177. The molecule has 1 aliphatic rings. The van der Waals surface area contributed by atoms with E-state index in [2.05, 4.69) is 27.8 Å². The van der Waals surface area contributed by atoms with Crippen LogP contribution in [0.25, 0.3) is 0 Å². The molecule has 0 spiro atoms. The highest BCUT2D eigenvalue weighted by molar-refractivity contribution is 5.98. The number of amides is 3. The van der Waals surface area contributed by atoms with Gasteiger partial charge in [0.15, 0.2) is 0 Å². The van der Waals surface area contributed by atoms with Gasteiger partial charge in [0.25, 0.3) is 5.91 Å². The molecule has 0 radical (unpaired) electrons. The molecule has 2 aromatic rings. The van der Waals surface area contributed by atoms with Gasteiger partial charge in [-0.25, -0.2) is 0 Å². The number of likely N-dealkylation sites (N-methyl/N-ethyl adjacent to an activating group) is 1.